The Hall–Kier alpha value is -3.80. The second-order valence-electron chi connectivity index (χ2n) is 8.62. The van der Waals surface area contributed by atoms with Crippen LogP contribution >= 0.6 is 0 Å². The van der Waals surface area contributed by atoms with Crippen LogP contribution in [0.4, 0.5) is 27.9 Å². The van der Waals surface area contributed by atoms with E-state index in [-0.39, 0.29) is 11.7 Å². The first-order valence-electron chi connectivity index (χ1n) is 10.9. The highest BCUT2D eigenvalue weighted by Crippen LogP contribution is 2.39. The first kappa shape index (κ1) is 23.9. The van der Waals surface area contributed by atoms with E-state index in [1.807, 2.05) is 18.2 Å². The number of aromatic nitrogens is 4. The smallest absolute Gasteiger partial charge is 0.420 e. The lowest BCUT2D eigenvalue weighted by atomic mass is 9.94. The maximum absolute atomic E-state index is 12.9. The highest BCUT2D eigenvalue weighted by Gasteiger charge is 2.61. The molecule has 5 rings (SSSR count). The number of anilines is 1. The predicted octanol–water partition coefficient (Wildman–Crippen LogP) is 4.34. The van der Waals surface area contributed by atoms with Crippen LogP contribution in [0.25, 0.3) is 22.0 Å². The van der Waals surface area contributed by atoms with Crippen LogP contribution in [0.2, 0.25) is 0 Å². The maximum atomic E-state index is 12.9. The Kier molecular flexibility index (Phi) is 5.78. The van der Waals surface area contributed by atoms with Crippen LogP contribution in [0, 0.1) is 0 Å². The quantitative estimate of drug-likeness (QED) is 0.393. The third-order valence-corrected chi connectivity index (χ3v) is 6.19. The van der Waals surface area contributed by atoms with Crippen molar-refractivity contribution >= 4 is 16.9 Å². The molecule has 0 saturated carbocycles. The number of ether oxygens (including phenoxy) is 1. The molecule has 0 bridgehead atoms. The zero-order valence-corrected chi connectivity index (χ0v) is 18.9. The highest BCUT2D eigenvalue weighted by molar-refractivity contribution is 5.87. The molecule has 3 heterocycles. The molecule has 1 aliphatic rings. The van der Waals surface area contributed by atoms with Crippen LogP contribution in [-0.2, 0) is 13.5 Å². The van der Waals surface area contributed by atoms with Crippen molar-refractivity contribution < 1.29 is 31.8 Å². The summed E-state index contributed by atoms with van der Waals surface area (Å²) >= 11 is 0. The number of hydrogen-bond donors (Lipinski definition) is 1. The molecule has 1 N–H and O–H groups in total. The number of alkyl halides is 5. The standard InChI is InChI=1S/C24H20F5N5O2/c1-33-19(9-15-4-2-3-5-20(15)36-21(25)26)17-8-14(6-7-18(17)32-33)16-10-30-22(31-11-16)34-12-23(35,13-34)24(27,28)29/h2-8,10-11,21,35H,9,12-13H2,1H3. The first-order valence-corrected chi connectivity index (χ1v) is 10.9. The van der Waals surface area contributed by atoms with E-state index in [1.54, 1.807) is 29.9 Å². The molecule has 0 atom stereocenters. The van der Waals surface area contributed by atoms with E-state index < -0.39 is 31.5 Å². The van der Waals surface area contributed by atoms with Crippen LogP contribution < -0.4 is 9.64 Å². The molecule has 0 aliphatic carbocycles. The molecule has 4 aromatic rings. The fraction of sp³-hybridized carbons (Fsp3) is 0.292. The van der Waals surface area contributed by atoms with Gasteiger partial charge in [-0.25, -0.2) is 9.97 Å². The molecule has 0 unspecified atom stereocenters. The zero-order chi connectivity index (χ0) is 25.7. The minimum Gasteiger partial charge on any atom is -0.435 e. The highest BCUT2D eigenvalue weighted by atomic mass is 19.4. The Morgan fingerprint density at radius 1 is 1.06 bits per heavy atom. The van der Waals surface area contributed by atoms with Crippen LogP contribution in [0.3, 0.4) is 0 Å². The van der Waals surface area contributed by atoms with E-state index >= 15 is 0 Å². The fourth-order valence-electron chi connectivity index (χ4n) is 4.22. The Bertz CT molecular complexity index is 1400. The van der Waals surface area contributed by atoms with Crippen molar-refractivity contribution in [1.82, 2.24) is 19.7 Å². The van der Waals surface area contributed by atoms with E-state index in [0.717, 1.165) is 16.6 Å². The largest absolute Gasteiger partial charge is 0.435 e. The van der Waals surface area contributed by atoms with Crippen molar-refractivity contribution in [2.45, 2.75) is 24.8 Å². The lowest BCUT2D eigenvalue weighted by Crippen LogP contribution is -2.69. The Morgan fingerprint density at radius 2 is 1.75 bits per heavy atom. The number of aryl methyl sites for hydroxylation is 1. The van der Waals surface area contributed by atoms with Crippen LogP contribution in [0.1, 0.15) is 11.3 Å². The number of hydrogen-bond acceptors (Lipinski definition) is 6. The topological polar surface area (TPSA) is 76.3 Å². The zero-order valence-electron chi connectivity index (χ0n) is 18.9. The normalized spacial score (nSPS) is 15.4. The lowest BCUT2D eigenvalue weighted by molar-refractivity contribution is -0.267. The van der Waals surface area contributed by atoms with Gasteiger partial charge in [0.1, 0.15) is 5.75 Å². The van der Waals surface area contributed by atoms with Gasteiger partial charge in [-0.3, -0.25) is 4.68 Å². The number of rotatable bonds is 6. The van der Waals surface area contributed by atoms with Gasteiger partial charge >= 0.3 is 12.8 Å². The second kappa shape index (κ2) is 8.70. The fourth-order valence-corrected chi connectivity index (χ4v) is 4.22. The third-order valence-electron chi connectivity index (χ3n) is 6.19. The molecule has 1 saturated heterocycles. The number of fused-ring (bicyclic) bond motifs is 1. The molecule has 7 nitrogen and oxygen atoms in total. The molecule has 1 aliphatic heterocycles. The van der Waals surface area contributed by atoms with Crippen molar-refractivity contribution in [3.8, 4) is 16.9 Å². The molecular weight excluding hydrogens is 485 g/mol. The second-order valence-corrected chi connectivity index (χ2v) is 8.62. The summed E-state index contributed by atoms with van der Waals surface area (Å²) in [7, 11) is 1.76. The summed E-state index contributed by atoms with van der Waals surface area (Å²) in [4.78, 5) is 9.58. The number of para-hydroxylation sites is 1. The van der Waals surface area contributed by atoms with Crippen molar-refractivity contribution in [3.63, 3.8) is 0 Å². The van der Waals surface area contributed by atoms with Gasteiger partial charge in [-0.2, -0.15) is 27.1 Å². The first-order chi connectivity index (χ1) is 17.0. The molecule has 0 amide bonds. The minimum absolute atomic E-state index is 0.0883. The molecule has 1 fully saturated rings. The molecule has 2 aromatic carbocycles. The van der Waals surface area contributed by atoms with Gasteiger partial charge in [0.05, 0.1) is 24.3 Å². The van der Waals surface area contributed by atoms with Crippen LogP contribution in [0.15, 0.2) is 54.9 Å². The molecular formula is C24H20F5N5O2. The molecule has 36 heavy (non-hydrogen) atoms. The number of β-amino-alcohol motifs (C(OH)–C–C–N with tert-alkyl or cyclic N) is 1. The van der Waals surface area contributed by atoms with Gasteiger partial charge in [-0.15, -0.1) is 0 Å². The van der Waals surface area contributed by atoms with Crippen LogP contribution in [-0.4, -0.2) is 56.3 Å². The SMILES string of the molecule is Cn1nc2ccc(-c3cnc(N4CC(O)(C(F)(F)F)C4)nc3)cc2c1Cc1ccccc1OC(F)F. The Morgan fingerprint density at radius 3 is 2.42 bits per heavy atom. The summed E-state index contributed by atoms with van der Waals surface area (Å²) < 4.78 is 70.6. The van der Waals surface area contributed by atoms with E-state index in [0.29, 0.717) is 23.1 Å². The van der Waals surface area contributed by atoms with Gasteiger partial charge in [0.2, 0.25) is 5.95 Å². The van der Waals surface area contributed by atoms with E-state index in [9.17, 15) is 27.1 Å². The van der Waals surface area contributed by atoms with Crippen molar-refractivity contribution in [1.29, 1.82) is 0 Å². The number of nitrogens with zero attached hydrogens (tertiary/aromatic N) is 5. The molecule has 0 radical (unpaired) electrons. The molecule has 188 valence electrons. The summed E-state index contributed by atoms with van der Waals surface area (Å²) in [6.45, 7) is -4.20. The minimum atomic E-state index is -4.72. The summed E-state index contributed by atoms with van der Waals surface area (Å²) in [6, 6.07) is 12.1. The van der Waals surface area contributed by atoms with E-state index in [4.69, 9.17) is 0 Å². The van der Waals surface area contributed by atoms with Crippen molar-refractivity contribution in [3.05, 3.63) is 66.1 Å². The van der Waals surface area contributed by atoms with Gasteiger partial charge in [0.25, 0.3) is 0 Å². The summed E-state index contributed by atoms with van der Waals surface area (Å²) in [5.41, 5.74) is 0.679. The summed E-state index contributed by atoms with van der Waals surface area (Å²) in [5, 5.41) is 14.9. The number of benzene rings is 2. The molecule has 2 aromatic heterocycles. The molecule has 12 heteroatoms. The van der Waals surface area contributed by atoms with Gasteiger partial charge in [0, 0.05) is 42.4 Å². The number of halogens is 5. The molecule has 0 spiro atoms. The third kappa shape index (κ3) is 4.32. The number of aliphatic hydroxyl groups is 1. The maximum Gasteiger partial charge on any atom is 0.420 e. The van der Waals surface area contributed by atoms with Crippen LogP contribution in [0.5, 0.6) is 5.75 Å². The van der Waals surface area contributed by atoms with Gasteiger partial charge in [-0.1, -0.05) is 24.3 Å². The van der Waals surface area contributed by atoms with Crippen molar-refractivity contribution in [2.75, 3.05) is 18.0 Å². The van der Waals surface area contributed by atoms with Gasteiger partial charge in [0.15, 0.2) is 5.60 Å². The Balaban J connectivity index is 1.40. The summed E-state index contributed by atoms with van der Waals surface area (Å²) in [5.74, 6) is 0.178. The van der Waals surface area contributed by atoms with E-state index in [1.165, 1.54) is 23.4 Å². The van der Waals surface area contributed by atoms with Gasteiger partial charge in [-0.05, 0) is 23.8 Å². The van der Waals surface area contributed by atoms with Gasteiger partial charge < -0.3 is 14.7 Å². The van der Waals surface area contributed by atoms with Crippen molar-refractivity contribution in [2.24, 2.45) is 7.05 Å². The predicted molar refractivity (Wildman–Crippen MR) is 121 cm³/mol. The van der Waals surface area contributed by atoms with E-state index in [2.05, 4.69) is 19.8 Å². The Labute approximate surface area is 201 Å². The lowest BCUT2D eigenvalue weighted by Gasteiger charge is -2.46. The average molecular weight is 505 g/mol. The average Bonchev–Trinajstić information content (AvgIpc) is 3.11. The monoisotopic (exact) mass is 505 g/mol. The summed E-state index contributed by atoms with van der Waals surface area (Å²) in [6.07, 6.45) is -1.43.